The van der Waals surface area contributed by atoms with Crippen LogP contribution in [0.5, 0.6) is 0 Å². The minimum Gasteiger partial charge on any atom is -0.392 e. The summed E-state index contributed by atoms with van der Waals surface area (Å²) in [6.45, 7) is -0.118. The van der Waals surface area contributed by atoms with Crippen LogP contribution in [0.1, 0.15) is 10.4 Å². The standard InChI is InChI=1S/C13H14FNO3S2/c14-12-8-10(9-16)3-4-13(12)20(17,18)15-6-5-11-2-1-7-19-11/h1-4,7-8,15-16H,5-6,9H2. The first-order chi connectivity index (χ1) is 9.53. The number of hydrogen-bond acceptors (Lipinski definition) is 4. The number of rotatable bonds is 6. The van der Waals surface area contributed by atoms with Crippen LogP contribution >= 0.6 is 11.3 Å². The lowest BCUT2D eigenvalue weighted by molar-refractivity contribution is 0.281. The summed E-state index contributed by atoms with van der Waals surface area (Å²) < 4.78 is 40.0. The largest absolute Gasteiger partial charge is 0.392 e. The van der Waals surface area contributed by atoms with Gasteiger partial charge in [0, 0.05) is 11.4 Å². The maximum absolute atomic E-state index is 13.7. The average Bonchev–Trinajstić information content (AvgIpc) is 2.91. The minimum atomic E-state index is -3.87. The Hall–Kier alpha value is -1.28. The van der Waals surface area contributed by atoms with Gasteiger partial charge in [-0.15, -0.1) is 11.3 Å². The molecule has 2 aromatic rings. The van der Waals surface area contributed by atoms with Crippen molar-refractivity contribution < 1.29 is 17.9 Å². The third-order valence-electron chi connectivity index (χ3n) is 2.71. The number of hydrogen-bond donors (Lipinski definition) is 2. The highest BCUT2D eigenvalue weighted by atomic mass is 32.2. The zero-order valence-electron chi connectivity index (χ0n) is 10.5. The summed E-state index contributed by atoms with van der Waals surface area (Å²) in [6, 6.07) is 7.37. The highest BCUT2D eigenvalue weighted by Crippen LogP contribution is 2.16. The van der Waals surface area contributed by atoms with Crippen molar-refractivity contribution in [2.45, 2.75) is 17.9 Å². The topological polar surface area (TPSA) is 66.4 Å². The van der Waals surface area contributed by atoms with Gasteiger partial charge in [-0.3, -0.25) is 0 Å². The molecular weight excluding hydrogens is 301 g/mol. The third-order valence-corrected chi connectivity index (χ3v) is 5.14. The fourth-order valence-electron chi connectivity index (χ4n) is 1.70. The van der Waals surface area contributed by atoms with Gasteiger partial charge >= 0.3 is 0 Å². The molecule has 1 aromatic carbocycles. The third kappa shape index (κ3) is 3.63. The molecule has 0 aliphatic rings. The Labute approximate surface area is 120 Å². The monoisotopic (exact) mass is 315 g/mol. The quantitative estimate of drug-likeness (QED) is 0.855. The molecule has 0 saturated carbocycles. The van der Waals surface area contributed by atoms with Crippen LogP contribution in [-0.2, 0) is 23.1 Å². The van der Waals surface area contributed by atoms with Crippen molar-refractivity contribution in [1.82, 2.24) is 4.72 Å². The first-order valence-corrected chi connectivity index (χ1v) is 8.30. The molecule has 0 aliphatic heterocycles. The number of aliphatic hydroxyl groups is 1. The van der Waals surface area contributed by atoms with Gasteiger partial charge in [0.2, 0.25) is 10.0 Å². The zero-order chi connectivity index (χ0) is 14.6. The van der Waals surface area contributed by atoms with E-state index in [0.717, 1.165) is 17.0 Å². The molecule has 0 saturated heterocycles. The van der Waals surface area contributed by atoms with E-state index in [9.17, 15) is 12.8 Å². The highest BCUT2D eigenvalue weighted by molar-refractivity contribution is 7.89. The van der Waals surface area contributed by atoms with Crippen LogP contribution in [0.25, 0.3) is 0 Å². The second-order valence-electron chi connectivity index (χ2n) is 4.15. The Balaban J connectivity index is 2.06. The van der Waals surface area contributed by atoms with Gasteiger partial charge in [0.05, 0.1) is 6.61 Å². The molecule has 0 unspecified atom stereocenters. The van der Waals surface area contributed by atoms with Gasteiger partial charge in [-0.05, 0) is 35.6 Å². The molecule has 1 heterocycles. The van der Waals surface area contributed by atoms with E-state index in [2.05, 4.69) is 4.72 Å². The van der Waals surface area contributed by atoms with Crippen LogP contribution in [0.15, 0.2) is 40.6 Å². The first-order valence-electron chi connectivity index (χ1n) is 5.94. The predicted molar refractivity (Wildman–Crippen MR) is 75.5 cm³/mol. The highest BCUT2D eigenvalue weighted by Gasteiger charge is 2.18. The van der Waals surface area contributed by atoms with Crippen molar-refractivity contribution in [3.63, 3.8) is 0 Å². The summed E-state index contributed by atoms with van der Waals surface area (Å²) in [5, 5.41) is 10.8. The maximum Gasteiger partial charge on any atom is 0.243 e. The smallest absolute Gasteiger partial charge is 0.243 e. The van der Waals surface area contributed by atoms with E-state index in [1.54, 1.807) is 11.3 Å². The summed E-state index contributed by atoms with van der Waals surface area (Å²) in [5.41, 5.74) is 0.333. The molecule has 0 aliphatic carbocycles. The molecule has 1 aromatic heterocycles. The fraction of sp³-hybridized carbons (Fsp3) is 0.231. The Kier molecular flexibility index (Phi) is 4.87. The number of thiophene rings is 1. The van der Waals surface area contributed by atoms with Gasteiger partial charge in [0.25, 0.3) is 0 Å². The van der Waals surface area contributed by atoms with Gasteiger partial charge in [-0.2, -0.15) is 0 Å². The summed E-state index contributed by atoms with van der Waals surface area (Å²) >= 11 is 1.54. The second kappa shape index (κ2) is 6.45. The van der Waals surface area contributed by atoms with Crippen molar-refractivity contribution in [3.8, 4) is 0 Å². The maximum atomic E-state index is 13.7. The molecule has 108 valence electrons. The van der Waals surface area contributed by atoms with Crippen molar-refractivity contribution in [1.29, 1.82) is 0 Å². The van der Waals surface area contributed by atoms with Crippen LogP contribution in [0, 0.1) is 5.82 Å². The van der Waals surface area contributed by atoms with Crippen LogP contribution in [0.4, 0.5) is 4.39 Å². The van der Waals surface area contributed by atoms with Gasteiger partial charge < -0.3 is 5.11 Å². The molecule has 0 bridgehead atoms. The average molecular weight is 315 g/mol. The first kappa shape index (κ1) is 15.1. The Morgan fingerprint density at radius 2 is 2.10 bits per heavy atom. The van der Waals surface area contributed by atoms with Gasteiger partial charge in [0.1, 0.15) is 10.7 Å². The number of aliphatic hydroxyl groups excluding tert-OH is 1. The predicted octanol–water partition coefficient (Wildman–Crippen LogP) is 1.90. The van der Waals surface area contributed by atoms with E-state index in [1.165, 1.54) is 6.07 Å². The Bertz CT molecular complexity index is 669. The molecule has 4 nitrogen and oxygen atoms in total. The molecule has 0 fully saturated rings. The lowest BCUT2D eigenvalue weighted by Gasteiger charge is -2.08. The van der Waals surface area contributed by atoms with Gasteiger partial charge in [-0.25, -0.2) is 17.5 Å². The lowest BCUT2D eigenvalue weighted by Crippen LogP contribution is -2.26. The number of halogens is 1. The van der Waals surface area contributed by atoms with E-state index >= 15 is 0 Å². The van der Waals surface area contributed by atoms with E-state index in [1.807, 2.05) is 17.5 Å². The fourth-order valence-corrected chi connectivity index (χ4v) is 3.50. The van der Waals surface area contributed by atoms with E-state index in [-0.39, 0.29) is 13.2 Å². The molecule has 20 heavy (non-hydrogen) atoms. The molecule has 2 N–H and O–H groups in total. The summed E-state index contributed by atoms with van der Waals surface area (Å²) in [6.07, 6.45) is 0.563. The molecule has 7 heteroatoms. The minimum absolute atomic E-state index is 0.212. The molecule has 2 rings (SSSR count). The Morgan fingerprint density at radius 3 is 2.70 bits per heavy atom. The van der Waals surface area contributed by atoms with Crippen LogP contribution in [0.2, 0.25) is 0 Å². The van der Waals surface area contributed by atoms with Crippen LogP contribution < -0.4 is 4.72 Å². The normalized spacial score (nSPS) is 11.7. The van der Waals surface area contributed by atoms with E-state index in [4.69, 9.17) is 5.11 Å². The molecule has 0 amide bonds. The van der Waals surface area contributed by atoms with E-state index < -0.39 is 20.7 Å². The second-order valence-corrected chi connectivity index (χ2v) is 6.92. The van der Waals surface area contributed by atoms with Crippen molar-refractivity contribution in [3.05, 3.63) is 52.0 Å². The van der Waals surface area contributed by atoms with Crippen molar-refractivity contribution in [2.75, 3.05) is 6.54 Å². The van der Waals surface area contributed by atoms with Gasteiger partial charge in [-0.1, -0.05) is 12.1 Å². The molecule has 0 radical (unpaired) electrons. The molecule has 0 atom stereocenters. The molecule has 0 spiro atoms. The zero-order valence-corrected chi connectivity index (χ0v) is 12.2. The summed E-state index contributed by atoms with van der Waals surface area (Å²) in [5.74, 6) is -0.861. The van der Waals surface area contributed by atoms with Crippen LogP contribution in [-0.4, -0.2) is 20.1 Å². The Morgan fingerprint density at radius 1 is 1.30 bits per heavy atom. The summed E-state index contributed by atoms with van der Waals surface area (Å²) in [7, 11) is -3.87. The van der Waals surface area contributed by atoms with Crippen molar-refractivity contribution >= 4 is 21.4 Å². The number of sulfonamides is 1. The summed E-state index contributed by atoms with van der Waals surface area (Å²) in [4.78, 5) is 0.657. The number of nitrogens with one attached hydrogen (secondary N) is 1. The van der Waals surface area contributed by atoms with E-state index in [0.29, 0.717) is 12.0 Å². The number of benzene rings is 1. The lowest BCUT2D eigenvalue weighted by atomic mass is 10.2. The SMILES string of the molecule is O=S(=O)(NCCc1cccs1)c1ccc(CO)cc1F. The van der Waals surface area contributed by atoms with Gasteiger partial charge in [0.15, 0.2) is 0 Å². The van der Waals surface area contributed by atoms with Crippen LogP contribution in [0.3, 0.4) is 0 Å². The van der Waals surface area contributed by atoms with Crippen molar-refractivity contribution in [2.24, 2.45) is 0 Å². The molecular formula is C13H14FNO3S2.